The Bertz CT molecular complexity index is 4010. The topological polar surface area (TPSA) is 1230 Å². The number of hydrogen-bond acceptors (Lipinski definition) is 42. The van der Waals surface area contributed by atoms with Gasteiger partial charge >= 0.3 is 141 Å². The summed E-state index contributed by atoms with van der Waals surface area (Å²) in [5.74, 6) is 0. The second-order valence-electron chi connectivity index (χ2n) is 22.2. The molecule has 4 aliphatic carbocycles. The first-order chi connectivity index (χ1) is 51.2. The molecule has 0 heterocycles. The average molecular weight is 2110 g/mol. The van der Waals surface area contributed by atoms with Gasteiger partial charge in [0, 0.05) is 0 Å². The quantitative estimate of drug-likeness (QED) is 0.0252. The molecule has 4 aliphatic rings. The number of rotatable bonds is 42. The number of phosphoric ester groups is 18. The summed E-state index contributed by atoms with van der Waals surface area (Å²) >= 11 is 0. The van der Waals surface area contributed by atoms with E-state index in [4.69, 9.17) is 0 Å². The number of hydrogen-bond donors (Lipinski definition) is 36. The zero-order valence-electron chi connectivity index (χ0n) is 53.9. The van der Waals surface area contributed by atoms with Gasteiger partial charge in [-0.2, -0.15) is 0 Å². The van der Waals surface area contributed by atoms with Gasteiger partial charge in [-0.1, -0.05) is 0 Å². The molecule has 4 saturated carbocycles. The smallest absolute Gasteiger partial charge is 0.387 e. The average Bonchev–Trinajstić information content (AvgIpc) is 0.749. The molecule has 4 fully saturated rings. The third kappa shape index (κ3) is 38.4. The molecule has 4 rings (SSSR count). The van der Waals surface area contributed by atoms with Crippen LogP contribution in [0.5, 0.6) is 0 Å². The molecule has 0 saturated heterocycles. The Morgan fingerprint density at radius 1 is 0.111 bits per heavy atom. The van der Waals surface area contributed by atoms with E-state index < -0.39 is 287 Å². The Morgan fingerprint density at radius 3 is 0.265 bits per heavy atom. The van der Waals surface area contributed by atoms with Crippen LogP contribution in [0.1, 0.15) is 0 Å². The number of aliphatic hydroxyl groups excluding tert-OH is 3. The van der Waals surface area contributed by atoms with Crippen LogP contribution in [-0.4, -0.2) is 323 Å². The summed E-state index contributed by atoms with van der Waals surface area (Å²) in [6, 6.07) is 0. The molecule has 696 valence electrons. The first kappa shape index (κ1) is 111. The first-order valence-corrected chi connectivity index (χ1v) is 54.9. The van der Waals surface area contributed by atoms with Gasteiger partial charge in [-0.05, 0) is 0 Å². The highest BCUT2D eigenvalue weighted by Gasteiger charge is 2.69. The van der Waals surface area contributed by atoms with E-state index in [9.17, 15) is 259 Å². The van der Waals surface area contributed by atoms with Gasteiger partial charge in [0.25, 0.3) is 0 Å². The maximum Gasteiger partial charge on any atom is 0.473 e. The Morgan fingerprint density at radius 2 is 0.179 bits per heavy atom. The third-order valence-corrected chi connectivity index (χ3v) is 24.1. The van der Waals surface area contributed by atoms with Crippen LogP contribution in [0.4, 0.5) is 0 Å². The van der Waals surface area contributed by atoms with Crippen LogP contribution in [0.2, 0.25) is 0 Å². The van der Waals surface area contributed by atoms with E-state index in [-0.39, 0.29) is 0 Å². The zero-order valence-corrected chi connectivity index (χ0v) is 70.0. The van der Waals surface area contributed by atoms with Crippen LogP contribution < -0.4 is 0 Å². The molecule has 0 aromatic rings. The van der Waals surface area contributed by atoms with Crippen molar-refractivity contribution < 1.29 is 354 Å². The van der Waals surface area contributed by atoms with Gasteiger partial charge in [-0.25, -0.2) is 82.2 Å². The van der Waals surface area contributed by atoms with Gasteiger partial charge in [0.15, 0.2) is 0 Å². The maximum atomic E-state index is 15.0. The van der Waals surface area contributed by atoms with Crippen LogP contribution in [0.15, 0.2) is 0 Å². The van der Waals surface area contributed by atoms with Crippen molar-refractivity contribution in [3.05, 3.63) is 0 Å². The highest BCUT2D eigenvalue weighted by atomic mass is 31.2. The van der Waals surface area contributed by atoms with Crippen LogP contribution in [0.3, 0.4) is 0 Å². The Kier molecular flexibility index (Phi) is 37.2. The molecular weight excluding hydrogens is 2050 g/mol. The van der Waals surface area contributed by atoms with E-state index in [0.29, 0.717) is 0 Å². The monoisotopic (exact) mass is 2110 g/mol. The predicted octanol–water partition coefficient (Wildman–Crippen LogP) is -10.1. The lowest BCUT2D eigenvalue weighted by Crippen LogP contribution is -2.67. The molecule has 0 aromatic carbocycles. The summed E-state index contributed by atoms with van der Waals surface area (Å²) in [7, 11) is -128. The SMILES string of the molecule is O=P(O)(O)OC1[C@@H](OP(=O)(O)O)[C@H](OP(=O)(O)O)C(OP(=O)(O)OC2[C@@H](OP(=O)(O)OC3[C@@H](OP(=O)(O)O)[C@H](OP(=O)(O)O)C(OP(=O)(O)O)[C@H](OP(=O)(O)O)[C@H]3OP(=O)(O)O)[C@H](O)C(O)[C@H](O)[C@H]2OP(=O)(O)OC2[C@@H](OP(=O)(O)O)[C@H](OP(=O)(O)O)C(OP(=O)(O)O)[C@H](OP(=O)(O)O)[C@H]2OP(=O)(O)O)[C@H](OP(=O)(O)O)[C@H]1OP(=O)(O)O. The Hall–Kier alpha value is 1.86. The highest BCUT2D eigenvalue weighted by molar-refractivity contribution is 7.51. The lowest BCUT2D eigenvalue weighted by atomic mass is 9.85. The summed E-state index contributed by atoms with van der Waals surface area (Å²) in [4.78, 5) is 333. The lowest BCUT2D eigenvalue weighted by molar-refractivity contribution is -0.228. The fraction of sp³-hybridized carbons (Fsp3) is 1.00. The molecule has 0 radical (unpaired) electrons. The Balaban J connectivity index is 2.34. The van der Waals surface area contributed by atoms with Crippen molar-refractivity contribution in [2.75, 3.05) is 0 Å². The molecule has 11 unspecified atom stereocenters. The molecule has 117 heavy (non-hydrogen) atoms. The number of aliphatic hydroxyl groups is 3. The molecular formula is C24H60O75P18. The van der Waals surface area contributed by atoms with E-state index in [1.54, 1.807) is 0 Å². The molecule has 0 aromatic heterocycles. The highest BCUT2D eigenvalue weighted by Crippen LogP contribution is 2.66. The normalized spacial score (nSPS) is 34.2. The molecule has 27 atom stereocenters. The van der Waals surface area contributed by atoms with Gasteiger partial charge in [-0.15, -0.1) is 0 Å². The fourth-order valence-electron chi connectivity index (χ4n) is 10.4. The second-order valence-corrected chi connectivity index (χ2v) is 44.2. The molecule has 75 nitrogen and oxygen atoms in total. The number of phosphoric acid groups is 18. The minimum atomic E-state index is -8.09. The molecule has 93 heteroatoms. The summed E-state index contributed by atoms with van der Waals surface area (Å²) in [6.45, 7) is 0. The molecule has 36 N–H and O–H groups in total. The van der Waals surface area contributed by atoms with E-state index in [1.807, 2.05) is 0 Å². The van der Waals surface area contributed by atoms with Crippen molar-refractivity contribution in [1.29, 1.82) is 0 Å². The molecule has 0 aliphatic heterocycles. The van der Waals surface area contributed by atoms with Crippen molar-refractivity contribution in [2.45, 2.75) is 146 Å². The molecule has 0 spiro atoms. The van der Waals surface area contributed by atoms with E-state index in [0.717, 1.165) is 0 Å². The maximum absolute atomic E-state index is 15.0. The van der Waals surface area contributed by atoms with Crippen molar-refractivity contribution in [3.63, 3.8) is 0 Å². The van der Waals surface area contributed by atoms with Crippen molar-refractivity contribution in [2.24, 2.45) is 0 Å². The van der Waals surface area contributed by atoms with Gasteiger partial charge in [-0.3, -0.25) is 95.0 Å². The van der Waals surface area contributed by atoms with Crippen molar-refractivity contribution in [3.8, 4) is 0 Å². The predicted molar refractivity (Wildman–Crippen MR) is 330 cm³/mol. The summed E-state index contributed by atoms with van der Waals surface area (Å²) in [5, 5.41) is 34.7. The van der Waals surface area contributed by atoms with Gasteiger partial charge < -0.3 is 177 Å². The van der Waals surface area contributed by atoms with Crippen molar-refractivity contribution >= 4 is 141 Å². The zero-order chi connectivity index (χ0) is 91.7. The van der Waals surface area contributed by atoms with Crippen molar-refractivity contribution in [1.82, 2.24) is 0 Å². The minimum absolute atomic E-state index is 3.92. The summed E-state index contributed by atoms with van der Waals surface area (Å²) < 4.78 is 322. The standard InChI is InChI=1S/C24H60O75P18/c25-1-2(26)4(94-115(73,74)97-22-16(88-109(55,56)57)10(82-103(37,38)39)7(79-100(28,29)30)11(83-104(40,41)42)17(22)89-110(58,59)60)6(96-117(77,78)99-24-20(92-113(67,68)69)14(86-107(49,50)51)9(81-102(34,35)36)15(87-108(52,53)54)21(24)93-114(70,71)72)5(3(1)27)95-116(75,76)98-23-18(90-111(61,62)63)12(84-105(43,44)45)8(80-101(31,32)33)13(85-106(46,47)48)19(23)91-112(64,65)66/h1-27H,(H,73,74)(H,75,76)(H,77,78)(H2,28,29,30)(H2,31,32,33)(H2,34,35,36)(H2,37,38,39)(H2,40,41,42)(H2,43,44,45)(H2,46,47,48)(H2,49,50,51)(H2,52,53,54)(H2,55,56,57)(H2,58,59,60)(H2,61,62,63)(H2,64,65,66)(H2,67,68,69)(H2,70,71,72)/t1?,2-,3+,4+,5-,6?,7?,8?,9?,10-,11+,12-,13+,14-,15+,16+,17-,18+,19-,20+,21-,22?,23?,24?. The summed E-state index contributed by atoms with van der Waals surface area (Å²) in [5.41, 5.74) is 0. The minimum Gasteiger partial charge on any atom is -0.387 e. The van der Waals surface area contributed by atoms with E-state index in [1.165, 1.54) is 0 Å². The van der Waals surface area contributed by atoms with Crippen LogP contribution >= 0.6 is 141 Å². The fourth-order valence-corrected chi connectivity index (χ4v) is 22.2. The van der Waals surface area contributed by atoms with E-state index >= 15 is 0 Å². The van der Waals surface area contributed by atoms with Crippen LogP contribution in [0, 0.1) is 0 Å². The lowest BCUT2D eigenvalue weighted by Gasteiger charge is -2.50. The van der Waals surface area contributed by atoms with E-state index in [2.05, 4.69) is 95.0 Å². The Labute approximate surface area is 639 Å². The van der Waals surface area contributed by atoms with Crippen LogP contribution in [-0.2, 0) is 177 Å². The van der Waals surface area contributed by atoms with Crippen LogP contribution in [0.25, 0.3) is 0 Å². The molecule has 0 bridgehead atoms. The largest absolute Gasteiger partial charge is 0.473 e. The van der Waals surface area contributed by atoms with Gasteiger partial charge in [0.1, 0.15) is 146 Å². The van der Waals surface area contributed by atoms with Gasteiger partial charge in [0.2, 0.25) is 0 Å². The van der Waals surface area contributed by atoms with Gasteiger partial charge in [0.05, 0.1) is 0 Å². The summed E-state index contributed by atoms with van der Waals surface area (Å²) in [6.07, 6.45) is -99.6. The second kappa shape index (κ2) is 39.1. The molecule has 0 amide bonds. The first-order valence-electron chi connectivity index (χ1n) is 27.4. The third-order valence-electron chi connectivity index (χ3n) is 13.3.